The topological polar surface area (TPSA) is 72.2 Å². The third-order valence-electron chi connectivity index (χ3n) is 6.60. The van der Waals surface area contributed by atoms with E-state index in [0.717, 1.165) is 16.8 Å². The lowest BCUT2D eigenvalue weighted by molar-refractivity contribution is -0.121. The van der Waals surface area contributed by atoms with Crippen molar-refractivity contribution in [2.45, 2.75) is 44.2 Å². The van der Waals surface area contributed by atoms with Crippen LogP contribution in [0.2, 0.25) is 0 Å². The highest BCUT2D eigenvalue weighted by atomic mass is 16.2. The zero-order chi connectivity index (χ0) is 22.0. The number of hydrogen-bond donors (Lipinski definition) is 1. The van der Waals surface area contributed by atoms with E-state index in [1.807, 2.05) is 65.4 Å². The predicted octanol–water partition coefficient (Wildman–Crippen LogP) is 3.45. The van der Waals surface area contributed by atoms with Crippen molar-refractivity contribution in [3.63, 3.8) is 0 Å². The Hall–Kier alpha value is -3.35. The lowest BCUT2D eigenvalue weighted by Gasteiger charge is -2.33. The number of nitrogens with zero attached hydrogens (tertiary/aromatic N) is 4. The van der Waals surface area contributed by atoms with Crippen LogP contribution in [0.4, 0.5) is 5.69 Å². The molecule has 4 heterocycles. The molecule has 0 radical (unpaired) electrons. The standard InChI is InChI=1S/C24H27N5O2/c1-23(2,3)28-11-9-16(15-28)21(30)29-12-10-24(20(29)17-13-25-27(4)14-17)18-7-5-6-8-19(18)26-22(24)31/h5-9,11,13-15,20H,10,12H2,1-4H3,(H,26,31)/t20-,24+/m0/s1. The summed E-state index contributed by atoms with van der Waals surface area (Å²) in [5.74, 6) is -0.115. The van der Waals surface area contributed by atoms with Gasteiger partial charge >= 0.3 is 0 Å². The Balaban J connectivity index is 1.62. The van der Waals surface area contributed by atoms with Gasteiger partial charge < -0.3 is 14.8 Å². The summed E-state index contributed by atoms with van der Waals surface area (Å²) < 4.78 is 3.77. The van der Waals surface area contributed by atoms with E-state index in [0.29, 0.717) is 18.5 Å². The lowest BCUT2D eigenvalue weighted by Crippen LogP contribution is -2.42. The van der Waals surface area contributed by atoms with Crippen LogP contribution < -0.4 is 5.32 Å². The van der Waals surface area contributed by atoms with Crippen molar-refractivity contribution in [2.24, 2.45) is 7.05 Å². The molecule has 0 aliphatic carbocycles. The fourth-order valence-electron chi connectivity index (χ4n) is 5.06. The van der Waals surface area contributed by atoms with E-state index in [1.54, 1.807) is 10.9 Å². The summed E-state index contributed by atoms with van der Waals surface area (Å²) in [7, 11) is 1.85. The van der Waals surface area contributed by atoms with E-state index in [4.69, 9.17) is 0 Å². The molecular weight excluding hydrogens is 390 g/mol. The van der Waals surface area contributed by atoms with Crippen LogP contribution in [0.1, 0.15) is 54.7 Å². The number of carbonyl (C=O) groups excluding carboxylic acids is 2. The van der Waals surface area contributed by atoms with E-state index in [2.05, 4.69) is 31.2 Å². The summed E-state index contributed by atoms with van der Waals surface area (Å²) in [6, 6.07) is 9.24. The lowest BCUT2D eigenvalue weighted by atomic mass is 9.73. The first-order chi connectivity index (χ1) is 14.7. The van der Waals surface area contributed by atoms with Crippen LogP contribution in [0.5, 0.6) is 0 Å². The Morgan fingerprint density at radius 2 is 1.97 bits per heavy atom. The van der Waals surface area contributed by atoms with Crippen LogP contribution in [-0.4, -0.2) is 37.6 Å². The molecule has 2 aliphatic rings. The first kappa shape index (κ1) is 19.6. The molecule has 1 aromatic carbocycles. The number of hydrogen-bond acceptors (Lipinski definition) is 3. The molecule has 160 valence electrons. The van der Waals surface area contributed by atoms with Crippen molar-refractivity contribution in [3.05, 3.63) is 71.8 Å². The highest BCUT2D eigenvalue weighted by Crippen LogP contribution is 2.54. The van der Waals surface area contributed by atoms with Crippen LogP contribution in [-0.2, 0) is 22.8 Å². The molecule has 7 heteroatoms. The first-order valence-corrected chi connectivity index (χ1v) is 10.6. The van der Waals surface area contributed by atoms with Crippen molar-refractivity contribution in [3.8, 4) is 0 Å². The second-order valence-electron chi connectivity index (χ2n) is 9.55. The van der Waals surface area contributed by atoms with Crippen LogP contribution in [0.15, 0.2) is 55.1 Å². The number of fused-ring (bicyclic) bond motifs is 2. The van der Waals surface area contributed by atoms with Gasteiger partial charge in [0.2, 0.25) is 5.91 Å². The van der Waals surface area contributed by atoms with Gasteiger partial charge in [-0.25, -0.2) is 0 Å². The summed E-state index contributed by atoms with van der Waals surface area (Å²) in [6.45, 7) is 6.81. The number of anilines is 1. The van der Waals surface area contributed by atoms with E-state index in [-0.39, 0.29) is 17.4 Å². The molecule has 2 atom stereocenters. The summed E-state index contributed by atoms with van der Waals surface area (Å²) >= 11 is 0. The Morgan fingerprint density at radius 1 is 1.19 bits per heavy atom. The average Bonchev–Trinajstić information content (AvgIpc) is 3.48. The number of nitrogens with one attached hydrogen (secondary N) is 1. The molecule has 2 amide bonds. The molecule has 2 aromatic heterocycles. The number of likely N-dealkylation sites (tertiary alicyclic amines) is 1. The van der Waals surface area contributed by atoms with Crippen LogP contribution in [0.25, 0.3) is 0 Å². The van der Waals surface area contributed by atoms with Crippen LogP contribution >= 0.6 is 0 Å². The van der Waals surface area contributed by atoms with Crippen molar-refractivity contribution in [1.82, 2.24) is 19.2 Å². The number of benzene rings is 1. The van der Waals surface area contributed by atoms with Crippen molar-refractivity contribution in [2.75, 3.05) is 11.9 Å². The van der Waals surface area contributed by atoms with E-state index in [1.165, 1.54) is 0 Å². The molecular formula is C24H27N5O2. The molecule has 1 saturated heterocycles. The predicted molar refractivity (Wildman–Crippen MR) is 118 cm³/mol. The Bertz CT molecular complexity index is 1180. The maximum Gasteiger partial charge on any atom is 0.255 e. The third-order valence-corrected chi connectivity index (χ3v) is 6.60. The third kappa shape index (κ3) is 2.83. The summed E-state index contributed by atoms with van der Waals surface area (Å²) in [4.78, 5) is 28.9. The molecule has 5 rings (SSSR count). The zero-order valence-electron chi connectivity index (χ0n) is 18.3. The monoisotopic (exact) mass is 417 g/mol. The fraction of sp³-hybridized carbons (Fsp3) is 0.375. The minimum absolute atomic E-state index is 0.0508. The molecule has 0 saturated carbocycles. The van der Waals surface area contributed by atoms with Gasteiger partial charge in [-0.15, -0.1) is 0 Å². The van der Waals surface area contributed by atoms with E-state index >= 15 is 0 Å². The number of rotatable bonds is 2. The number of para-hydroxylation sites is 1. The Morgan fingerprint density at radius 3 is 2.65 bits per heavy atom. The molecule has 31 heavy (non-hydrogen) atoms. The van der Waals surface area contributed by atoms with Crippen molar-refractivity contribution >= 4 is 17.5 Å². The van der Waals surface area contributed by atoms with E-state index in [9.17, 15) is 9.59 Å². The van der Waals surface area contributed by atoms with Gasteiger partial charge in [0, 0.05) is 49.0 Å². The maximum atomic E-state index is 13.7. The largest absolute Gasteiger partial charge is 0.348 e. The quantitative estimate of drug-likeness (QED) is 0.694. The average molecular weight is 418 g/mol. The highest BCUT2D eigenvalue weighted by Gasteiger charge is 2.59. The second kappa shape index (κ2) is 6.57. The molecule has 7 nitrogen and oxygen atoms in total. The Kier molecular flexibility index (Phi) is 4.16. The van der Waals surface area contributed by atoms with Gasteiger partial charge in [0.05, 0.1) is 17.8 Å². The molecule has 1 spiro atoms. The normalized spacial score (nSPS) is 22.8. The summed E-state index contributed by atoms with van der Waals surface area (Å²) in [5.41, 5.74) is 2.36. The van der Waals surface area contributed by atoms with Gasteiger partial charge in [-0.2, -0.15) is 5.10 Å². The fourth-order valence-corrected chi connectivity index (χ4v) is 5.06. The maximum absolute atomic E-state index is 13.7. The summed E-state index contributed by atoms with van der Waals surface area (Å²) in [5, 5.41) is 7.39. The molecule has 0 unspecified atom stereocenters. The van der Waals surface area contributed by atoms with Crippen molar-refractivity contribution < 1.29 is 9.59 Å². The number of carbonyl (C=O) groups is 2. The molecule has 3 aromatic rings. The van der Waals surface area contributed by atoms with E-state index < -0.39 is 11.5 Å². The highest BCUT2D eigenvalue weighted by molar-refractivity contribution is 6.08. The van der Waals surface area contributed by atoms with Crippen LogP contribution in [0, 0.1) is 0 Å². The van der Waals surface area contributed by atoms with Gasteiger partial charge in [-0.05, 0) is 44.9 Å². The van der Waals surface area contributed by atoms with Gasteiger partial charge in [0.15, 0.2) is 0 Å². The molecule has 1 N–H and O–H groups in total. The van der Waals surface area contributed by atoms with Crippen LogP contribution in [0.3, 0.4) is 0 Å². The summed E-state index contributed by atoms with van der Waals surface area (Å²) in [6.07, 6.45) is 8.09. The molecule has 0 bridgehead atoms. The zero-order valence-corrected chi connectivity index (χ0v) is 18.3. The number of aryl methyl sites for hydroxylation is 1. The second-order valence-corrected chi connectivity index (χ2v) is 9.55. The van der Waals surface area contributed by atoms with Gasteiger partial charge in [0.1, 0.15) is 5.41 Å². The first-order valence-electron chi connectivity index (χ1n) is 10.6. The number of aromatic nitrogens is 3. The molecule has 2 aliphatic heterocycles. The minimum atomic E-state index is -0.818. The molecule has 1 fully saturated rings. The van der Waals surface area contributed by atoms with Gasteiger partial charge in [-0.3, -0.25) is 14.3 Å². The Labute approximate surface area is 181 Å². The SMILES string of the molecule is Cn1cc([C@@H]2N(C(=O)c3ccn(C(C)(C)C)c3)CC[C@]23C(=O)Nc2ccccc23)cn1. The minimum Gasteiger partial charge on any atom is -0.348 e. The van der Waals surface area contributed by atoms with Crippen molar-refractivity contribution in [1.29, 1.82) is 0 Å². The smallest absolute Gasteiger partial charge is 0.255 e. The van der Waals surface area contributed by atoms with Gasteiger partial charge in [-0.1, -0.05) is 18.2 Å². The van der Waals surface area contributed by atoms with Gasteiger partial charge in [0.25, 0.3) is 5.91 Å². The number of amides is 2.